The Balaban J connectivity index is 1.68. The Hall–Kier alpha value is -4.39. The predicted molar refractivity (Wildman–Crippen MR) is 139 cm³/mol. The molecule has 186 valence electrons. The average Bonchev–Trinajstić information content (AvgIpc) is 2.86. The van der Waals surface area contributed by atoms with Crippen molar-refractivity contribution in [2.24, 2.45) is 0 Å². The lowest BCUT2D eigenvalue weighted by atomic mass is 9.96. The topological polar surface area (TPSA) is 62.2 Å². The van der Waals surface area contributed by atoms with E-state index in [1.165, 1.54) is 12.1 Å². The van der Waals surface area contributed by atoms with E-state index in [1.807, 2.05) is 73.7 Å². The first kappa shape index (κ1) is 24.3. The molecule has 5 rings (SSSR count). The second-order valence-electron chi connectivity index (χ2n) is 9.00. The van der Waals surface area contributed by atoms with Crippen LogP contribution in [0.3, 0.4) is 0 Å². The van der Waals surface area contributed by atoms with Gasteiger partial charge in [0.05, 0.1) is 34.7 Å². The van der Waals surface area contributed by atoms with Gasteiger partial charge in [-0.15, -0.1) is 0 Å². The Morgan fingerprint density at radius 2 is 1.59 bits per heavy atom. The summed E-state index contributed by atoms with van der Waals surface area (Å²) in [6.45, 7) is 1.92. The molecule has 4 aromatic carbocycles. The number of nitrogens with zero attached hydrogens (tertiary/aromatic N) is 1. The summed E-state index contributed by atoms with van der Waals surface area (Å²) < 4.78 is 39.4. The van der Waals surface area contributed by atoms with Gasteiger partial charge in [-0.05, 0) is 65.6 Å². The van der Waals surface area contributed by atoms with Gasteiger partial charge in [-0.2, -0.15) is 13.2 Å². The lowest BCUT2D eigenvalue weighted by Crippen LogP contribution is -2.16. The molecule has 7 heteroatoms. The number of hydrogen-bond donors (Lipinski definition) is 2. The van der Waals surface area contributed by atoms with Crippen LogP contribution < -0.4 is 5.32 Å². The molecule has 1 heterocycles. The van der Waals surface area contributed by atoms with Crippen LogP contribution in [-0.2, 0) is 11.0 Å². The van der Waals surface area contributed by atoms with Crippen LogP contribution >= 0.6 is 0 Å². The van der Waals surface area contributed by atoms with Crippen molar-refractivity contribution >= 4 is 33.5 Å². The fourth-order valence-corrected chi connectivity index (χ4v) is 4.60. The van der Waals surface area contributed by atoms with Gasteiger partial charge >= 0.3 is 12.1 Å². The van der Waals surface area contributed by atoms with Crippen LogP contribution in [-0.4, -0.2) is 16.1 Å². The van der Waals surface area contributed by atoms with E-state index in [0.29, 0.717) is 22.3 Å². The molecule has 0 radical (unpaired) electrons. The molecule has 4 nitrogen and oxygen atoms in total. The third-order valence-corrected chi connectivity index (χ3v) is 6.44. The normalized spacial score (nSPS) is 12.5. The molecule has 37 heavy (non-hydrogen) atoms. The number of rotatable bonds is 6. The third-order valence-electron chi connectivity index (χ3n) is 6.44. The van der Waals surface area contributed by atoms with Crippen molar-refractivity contribution in [3.8, 4) is 11.1 Å². The zero-order chi connectivity index (χ0) is 26.2. The maximum Gasteiger partial charge on any atom is 0.416 e. The molecule has 1 aromatic heterocycles. The molecular weight excluding hydrogens is 477 g/mol. The fraction of sp³-hybridized carbons (Fsp3) is 0.133. The Morgan fingerprint density at radius 1 is 0.892 bits per heavy atom. The van der Waals surface area contributed by atoms with E-state index in [1.54, 1.807) is 0 Å². The van der Waals surface area contributed by atoms with Crippen LogP contribution in [0.15, 0.2) is 91.0 Å². The smallest absolute Gasteiger partial charge is 0.416 e. The molecule has 0 fully saturated rings. The van der Waals surface area contributed by atoms with Gasteiger partial charge in [0.15, 0.2) is 0 Å². The van der Waals surface area contributed by atoms with Crippen molar-refractivity contribution in [3.05, 3.63) is 108 Å². The van der Waals surface area contributed by atoms with Crippen LogP contribution in [0.2, 0.25) is 0 Å². The summed E-state index contributed by atoms with van der Waals surface area (Å²) in [7, 11) is 0. The number of para-hydroxylation sites is 1. The maximum absolute atomic E-state index is 13.1. The highest BCUT2D eigenvalue weighted by Gasteiger charge is 2.30. The summed E-state index contributed by atoms with van der Waals surface area (Å²) in [5.41, 5.74) is 4.42. The minimum Gasteiger partial charge on any atom is -0.481 e. The average molecular weight is 501 g/mol. The summed E-state index contributed by atoms with van der Waals surface area (Å²) in [6.07, 6.45) is -4.58. The molecule has 0 bridgehead atoms. The number of halogens is 3. The Morgan fingerprint density at radius 3 is 2.30 bits per heavy atom. The summed E-state index contributed by atoms with van der Waals surface area (Å²) >= 11 is 0. The number of anilines is 1. The zero-order valence-corrected chi connectivity index (χ0v) is 19.9. The van der Waals surface area contributed by atoms with Crippen LogP contribution in [0.1, 0.15) is 29.2 Å². The third kappa shape index (κ3) is 5.11. The summed E-state index contributed by atoms with van der Waals surface area (Å²) in [5, 5.41) is 14.8. The largest absolute Gasteiger partial charge is 0.481 e. The number of hydrogen-bond acceptors (Lipinski definition) is 3. The molecule has 0 aliphatic heterocycles. The molecule has 0 spiro atoms. The molecular formula is C30H23F3N2O2. The number of alkyl halides is 3. The van der Waals surface area contributed by atoms with Gasteiger partial charge in [0.1, 0.15) is 0 Å². The quantitative estimate of drug-likeness (QED) is 0.232. The first-order valence-electron chi connectivity index (χ1n) is 11.7. The van der Waals surface area contributed by atoms with E-state index in [2.05, 4.69) is 5.32 Å². The van der Waals surface area contributed by atoms with E-state index >= 15 is 0 Å². The highest BCUT2D eigenvalue weighted by molar-refractivity contribution is 6.01. The second kappa shape index (κ2) is 9.58. The summed E-state index contributed by atoms with van der Waals surface area (Å²) in [4.78, 5) is 16.6. The number of fused-ring (bicyclic) bond motifs is 2. The van der Waals surface area contributed by atoms with E-state index in [9.17, 15) is 23.1 Å². The van der Waals surface area contributed by atoms with Crippen LogP contribution in [0, 0.1) is 6.92 Å². The van der Waals surface area contributed by atoms with Gasteiger partial charge in [0, 0.05) is 10.8 Å². The minimum absolute atomic E-state index is 0.162. The van der Waals surface area contributed by atoms with Gasteiger partial charge in [0.2, 0.25) is 0 Å². The minimum atomic E-state index is -4.42. The van der Waals surface area contributed by atoms with Crippen LogP contribution in [0.25, 0.3) is 32.9 Å². The number of carboxylic acid groups (broad SMARTS) is 1. The van der Waals surface area contributed by atoms with Crippen molar-refractivity contribution < 1.29 is 23.1 Å². The van der Waals surface area contributed by atoms with E-state index in [4.69, 9.17) is 4.98 Å². The van der Waals surface area contributed by atoms with Gasteiger partial charge < -0.3 is 10.4 Å². The highest BCUT2D eigenvalue weighted by atomic mass is 19.4. The molecule has 0 unspecified atom stereocenters. The van der Waals surface area contributed by atoms with Crippen molar-refractivity contribution in [3.63, 3.8) is 0 Å². The van der Waals surface area contributed by atoms with E-state index < -0.39 is 23.8 Å². The van der Waals surface area contributed by atoms with E-state index in [0.717, 1.165) is 39.5 Å². The summed E-state index contributed by atoms with van der Waals surface area (Å²) in [6, 6.07) is 25.4. The van der Waals surface area contributed by atoms with Gasteiger partial charge in [-0.1, -0.05) is 54.6 Å². The predicted octanol–water partition coefficient (Wildman–Crippen LogP) is 8.01. The molecule has 0 saturated carbocycles. The number of aliphatic carboxylic acids is 1. The van der Waals surface area contributed by atoms with Gasteiger partial charge in [-0.3, -0.25) is 4.79 Å². The Kier molecular flexibility index (Phi) is 6.29. The SMILES string of the molecule is Cc1ccccc1[C@H](CC(=O)O)Nc1cc(-c2ccc(C(F)(F)F)cc2)cc2cc3ccccc3nc12. The molecule has 0 aliphatic rings. The number of carbonyl (C=O) groups is 1. The van der Waals surface area contributed by atoms with E-state index in [-0.39, 0.29) is 6.42 Å². The number of aromatic nitrogens is 1. The number of carboxylic acids is 1. The number of pyridine rings is 1. The van der Waals surface area contributed by atoms with Crippen molar-refractivity contribution in [2.45, 2.75) is 25.6 Å². The fourth-order valence-electron chi connectivity index (χ4n) is 4.60. The number of aryl methyl sites for hydroxylation is 1. The zero-order valence-electron chi connectivity index (χ0n) is 19.9. The van der Waals surface area contributed by atoms with Crippen molar-refractivity contribution in [1.29, 1.82) is 0 Å². The first-order valence-corrected chi connectivity index (χ1v) is 11.7. The van der Waals surface area contributed by atoms with Gasteiger partial charge in [0.25, 0.3) is 0 Å². The van der Waals surface area contributed by atoms with Crippen LogP contribution in [0.4, 0.5) is 18.9 Å². The molecule has 0 amide bonds. The highest BCUT2D eigenvalue weighted by Crippen LogP contribution is 2.36. The van der Waals surface area contributed by atoms with Crippen LogP contribution in [0.5, 0.6) is 0 Å². The van der Waals surface area contributed by atoms with Gasteiger partial charge in [-0.25, -0.2) is 4.98 Å². The lowest BCUT2D eigenvalue weighted by Gasteiger charge is -2.22. The van der Waals surface area contributed by atoms with Crippen molar-refractivity contribution in [2.75, 3.05) is 5.32 Å². The first-order chi connectivity index (χ1) is 17.7. The maximum atomic E-state index is 13.1. The standard InChI is InChI=1S/C30H23F3N2O2/c1-18-6-2-4-8-24(18)26(17-28(36)37)34-27-16-21(19-10-12-23(13-11-19)30(31,32)33)15-22-14-20-7-3-5-9-25(20)35-29(22)27/h2-16,26,34H,17H2,1H3,(H,36,37)/t26-/m0/s1. The molecule has 0 saturated heterocycles. The number of benzene rings is 4. The molecule has 2 N–H and O–H groups in total. The summed E-state index contributed by atoms with van der Waals surface area (Å²) in [5.74, 6) is -0.956. The Bertz CT molecular complexity index is 1610. The van der Waals surface area contributed by atoms with Crippen molar-refractivity contribution in [1.82, 2.24) is 4.98 Å². The molecule has 1 atom stereocenters. The number of nitrogens with one attached hydrogen (secondary N) is 1. The molecule has 5 aromatic rings. The second-order valence-corrected chi connectivity index (χ2v) is 9.00. The molecule has 0 aliphatic carbocycles. The Labute approximate surface area is 211 Å². The monoisotopic (exact) mass is 500 g/mol. The lowest BCUT2D eigenvalue weighted by molar-refractivity contribution is -0.138.